The van der Waals surface area contributed by atoms with Crippen LogP contribution in [0, 0.1) is 0 Å². The standard InChI is InChI=1S/C14H24N2O2/c1-3-5-6-7-8-9-13(17)15-10-14-16-12(4-2)11-18-14/h11H,3-10H2,1-2H3,(H,15,17). The molecule has 4 nitrogen and oxygen atoms in total. The van der Waals surface area contributed by atoms with Gasteiger partial charge in [-0.25, -0.2) is 4.98 Å². The monoisotopic (exact) mass is 252 g/mol. The van der Waals surface area contributed by atoms with Gasteiger partial charge in [-0.3, -0.25) is 4.79 Å². The second-order valence-electron chi connectivity index (χ2n) is 4.53. The first kappa shape index (κ1) is 14.7. The van der Waals surface area contributed by atoms with Crippen LogP contribution in [-0.4, -0.2) is 10.9 Å². The normalized spacial score (nSPS) is 10.6. The second kappa shape index (κ2) is 8.72. The molecule has 0 radical (unpaired) electrons. The van der Waals surface area contributed by atoms with Crippen molar-refractivity contribution in [3.05, 3.63) is 17.8 Å². The van der Waals surface area contributed by atoms with E-state index in [0.717, 1.165) is 25.0 Å². The number of aromatic nitrogens is 1. The smallest absolute Gasteiger partial charge is 0.220 e. The number of nitrogens with one attached hydrogen (secondary N) is 1. The van der Waals surface area contributed by atoms with Gasteiger partial charge in [-0.1, -0.05) is 39.5 Å². The summed E-state index contributed by atoms with van der Waals surface area (Å²) in [6.07, 6.45) is 8.93. The summed E-state index contributed by atoms with van der Waals surface area (Å²) >= 11 is 0. The maximum Gasteiger partial charge on any atom is 0.220 e. The van der Waals surface area contributed by atoms with Gasteiger partial charge in [0.25, 0.3) is 0 Å². The van der Waals surface area contributed by atoms with E-state index in [4.69, 9.17) is 4.42 Å². The zero-order valence-corrected chi connectivity index (χ0v) is 11.5. The number of hydrogen-bond donors (Lipinski definition) is 1. The Hall–Kier alpha value is -1.32. The molecule has 0 fully saturated rings. The summed E-state index contributed by atoms with van der Waals surface area (Å²) in [6, 6.07) is 0. The first-order chi connectivity index (χ1) is 8.76. The first-order valence-corrected chi connectivity index (χ1v) is 6.96. The van der Waals surface area contributed by atoms with Crippen molar-refractivity contribution in [3.63, 3.8) is 0 Å². The van der Waals surface area contributed by atoms with Gasteiger partial charge < -0.3 is 9.73 Å². The van der Waals surface area contributed by atoms with Crippen LogP contribution in [0.2, 0.25) is 0 Å². The van der Waals surface area contributed by atoms with Crippen LogP contribution in [0.3, 0.4) is 0 Å². The van der Waals surface area contributed by atoms with Gasteiger partial charge >= 0.3 is 0 Å². The van der Waals surface area contributed by atoms with Crippen molar-refractivity contribution in [1.29, 1.82) is 0 Å². The lowest BCUT2D eigenvalue weighted by atomic mass is 10.1. The highest BCUT2D eigenvalue weighted by atomic mass is 16.3. The molecule has 0 saturated carbocycles. The molecule has 18 heavy (non-hydrogen) atoms. The van der Waals surface area contributed by atoms with Crippen LogP contribution in [0.15, 0.2) is 10.7 Å². The summed E-state index contributed by atoms with van der Waals surface area (Å²) in [5, 5.41) is 2.83. The van der Waals surface area contributed by atoms with Gasteiger partial charge in [-0.05, 0) is 12.8 Å². The van der Waals surface area contributed by atoms with Crippen molar-refractivity contribution in [1.82, 2.24) is 10.3 Å². The van der Waals surface area contributed by atoms with Crippen molar-refractivity contribution >= 4 is 5.91 Å². The topological polar surface area (TPSA) is 55.1 Å². The Labute approximate surface area is 109 Å². The average Bonchev–Trinajstić information content (AvgIpc) is 2.84. The molecule has 102 valence electrons. The lowest BCUT2D eigenvalue weighted by Crippen LogP contribution is -2.22. The highest BCUT2D eigenvalue weighted by Gasteiger charge is 2.05. The minimum Gasteiger partial charge on any atom is -0.447 e. The molecule has 0 aliphatic carbocycles. The first-order valence-electron chi connectivity index (χ1n) is 6.96. The van der Waals surface area contributed by atoms with Crippen LogP contribution >= 0.6 is 0 Å². The maximum absolute atomic E-state index is 11.5. The largest absolute Gasteiger partial charge is 0.447 e. The van der Waals surface area contributed by atoms with E-state index in [0.29, 0.717) is 18.9 Å². The predicted molar refractivity (Wildman–Crippen MR) is 71.1 cm³/mol. The molecule has 4 heteroatoms. The van der Waals surface area contributed by atoms with E-state index in [-0.39, 0.29) is 5.91 Å². The molecule has 0 aliphatic heterocycles. The summed E-state index contributed by atoms with van der Waals surface area (Å²) in [6.45, 7) is 4.61. The van der Waals surface area contributed by atoms with Gasteiger partial charge in [0.2, 0.25) is 11.8 Å². The Morgan fingerprint density at radius 1 is 1.28 bits per heavy atom. The number of aryl methyl sites for hydroxylation is 1. The van der Waals surface area contributed by atoms with Gasteiger partial charge in [0.15, 0.2) is 0 Å². The Bertz CT molecular complexity index is 347. The van der Waals surface area contributed by atoms with Crippen molar-refractivity contribution in [3.8, 4) is 0 Å². The summed E-state index contributed by atoms with van der Waals surface area (Å²) in [7, 11) is 0. The molecule has 0 aromatic carbocycles. The fraction of sp³-hybridized carbons (Fsp3) is 0.714. The van der Waals surface area contributed by atoms with Crippen molar-refractivity contribution in [2.75, 3.05) is 0 Å². The number of carbonyl (C=O) groups excluding carboxylic acids is 1. The Balaban J connectivity index is 2.09. The zero-order valence-electron chi connectivity index (χ0n) is 11.5. The van der Waals surface area contributed by atoms with Gasteiger partial charge in [0.05, 0.1) is 12.2 Å². The molecule has 0 aliphatic rings. The van der Waals surface area contributed by atoms with E-state index >= 15 is 0 Å². The van der Waals surface area contributed by atoms with E-state index in [1.807, 2.05) is 6.92 Å². The third kappa shape index (κ3) is 5.84. The second-order valence-corrected chi connectivity index (χ2v) is 4.53. The predicted octanol–water partition coefficient (Wildman–Crippen LogP) is 3.21. The third-order valence-electron chi connectivity index (χ3n) is 2.91. The molecule has 1 amide bonds. The van der Waals surface area contributed by atoms with E-state index in [1.54, 1.807) is 6.26 Å². The van der Waals surface area contributed by atoms with Gasteiger partial charge in [-0.15, -0.1) is 0 Å². The van der Waals surface area contributed by atoms with Crippen LogP contribution in [0.4, 0.5) is 0 Å². The minimum atomic E-state index is 0.0859. The van der Waals surface area contributed by atoms with Crippen LogP contribution < -0.4 is 5.32 Å². The maximum atomic E-state index is 11.5. The lowest BCUT2D eigenvalue weighted by Gasteiger charge is -2.02. The number of rotatable bonds is 9. The van der Waals surface area contributed by atoms with Crippen LogP contribution in [-0.2, 0) is 17.8 Å². The number of oxazole rings is 1. The summed E-state index contributed by atoms with van der Waals surface area (Å²) in [5.41, 5.74) is 0.929. The molecular weight excluding hydrogens is 228 g/mol. The Kier molecular flexibility index (Phi) is 7.14. The number of carbonyl (C=O) groups is 1. The Morgan fingerprint density at radius 2 is 2.06 bits per heavy atom. The summed E-state index contributed by atoms with van der Waals surface area (Å²) in [4.78, 5) is 15.8. The molecule has 1 aromatic rings. The van der Waals surface area contributed by atoms with E-state index in [9.17, 15) is 4.79 Å². The fourth-order valence-electron chi connectivity index (χ4n) is 1.74. The molecule has 1 rings (SSSR count). The van der Waals surface area contributed by atoms with Gasteiger partial charge in [0, 0.05) is 6.42 Å². The van der Waals surface area contributed by atoms with E-state index in [2.05, 4.69) is 17.2 Å². The van der Waals surface area contributed by atoms with Gasteiger partial charge in [0.1, 0.15) is 6.26 Å². The molecule has 0 saturated heterocycles. The molecule has 0 atom stereocenters. The van der Waals surface area contributed by atoms with Crippen LogP contribution in [0.5, 0.6) is 0 Å². The number of amides is 1. The third-order valence-corrected chi connectivity index (χ3v) is 2.91. The summed E-state index contributed by atoms with van der Waals surface area (Å²) < 4.78 is 5.24. The Morgan fingerprint density at radius 3 is 2.72 bits per heavy atom. The highest BCUT2D eigenvalue weighted by molar-refractivity contribution is 5.75. The SMILES string of the molecule is CCCCCCCC(=O)NCc1nc(CC)co1. The van der Waals surface area contributed by atoms with Gasteiger partial charge in [-0.2, -0.15) is 0 Å². The molecule has 0 spiro atoms. The summed E-state index contributed by atoms with van der Waals surface area (Å²) in [5.74, 6) is 0.675. The molecule has 1 N–H and O–H groups in total. The van der Waals surface area contributed by atoms with Crippen molar-refractivity contribution in [2.24, 2.45) is 0 Å². The molecular formula is C14H24N2O2. The molecule has 1 aromatic heterocycles. The fourth-order valence-corrected chi connectivity index (χ4v) is 1.74. The molecule has 0 bridgehead atoms. The number of unbranched alkanes of at least 4 members (excludes halogenated alkanes) is 4. The van der Waals surface area contributed by atoms with Crippen LogP contribution in [0.1, 0.15) is 64.0 Å². The highest BCUT2D eigenvalue weighted by Crippen LogP contribution is 2.05. The quantitative estimate of drug-likeness (QED) is 0.686. The number of hydrogen-bond acceptors (Lipinski definition) is 3. The zero-order chi connectivity index (χ0) is 13.2. The van der Waals surface area contributed by atoms with Crippen molar-refractivity contribution in [2.45, 2.75) is 65.3 Å². The lowest BCUT2D eigenvalue weighted by molar-refractivity contribution is -0.121. The average molecular weight is 252 g/mol. The molecule has 1 heterocycles. The van der Waals surface area contributed by atoms with E-state index in [1.165, 1.54) is 19.3 Å². The van der Waals surface area contributed by atoms with Crippen molar-refractivity contribution < 1.29 is 9.21 Å². The van der Waals surface area contributed by atoms with Crippen LogP contribution in [0.25, 0.3) is 0 Å². The van der Waals surface area contributed by atoms with E-state index < -0.39 is 0 Å². The minimum absolute atomic E-state index is 0.0859. The number of nitrogens with zero attached hydrogens (tertiary/aromatic N) is 1. The molecule has 0 unspecified atom stereocenters.